The molecule has 0 aliphatic carbocycles. The molecule has 3 aromatic rings. The van der Waals surface area contributed by atoms with E-state index in [1.54, 1.807) is 42.5 Å². The zero-order chi connectivity index (χ0) is 25.8. The van der Waals surface area contributed by atoms with Crippen molar-refractivity contribution >= 4 is 68.7 Å². The number of hydrogen-bond donors (Lipinski definition) is 1. The monoisotopic (exact) mass is 584 g/mol. The van der Waals surface area contributed by atoms with Gasteiger partial charge in [0.15, 0.2) is 0 Å². The second-order valence-electron chi connectivity index (χ2n) is 7.83. The molecule has 1 N–H and O–H groups in total. The summed E-state index contributed by atoms with van der Waals surface area (Å²) in [5.74, 6) is -0.903. The van der Waals surface area contributed by atoms with Crippen LogP contribution in [0.1, 0.15) is 16.7 Å². The number of benzene rings is 3. The van der Waals surface area contributed by atoms with Crippen LogP contribution in [-0.4, -0.2) is 17.8 Å². The molecule has 0 aromatic heterocycles. The largest absolute Gasteiger partial charge is 0.487 e. The summed E-state index contributed by atoms with van der Waals surface area (Å²) < 4.78 is 6.70. The number of urea groups is 1. The van der Waals surface area contributed by atoms with Gasteiger partial charge in [0.2, 0.25) is 0 Å². The molecular weight excluding hydrogens is 567 g/mol. The van der Waals surface area contributed by atoms with Gasteiger partial charge in [0.1, 0.15) is 17.9 Å². The number of nitrogens with one attached hydrogen (secondary N) is 1. The van der Waals surface area contributed by atoms with Crippen molar-refractivity contribution in [2.45, 2.75) is 13.0 Å². The van der Waals surface area contributed by atoms with E-state index < -0.39 is 17.8 Å². The minimum atomic E-state index is -0.830. The van der Waals surface area contributed by atoms with Crippen molar-refractivity contribution < 1.29 is 19.1 Å². The molecule has 1 aliphatic rings. The molecule has 9 heteroatoms. The van der Waals surface area contributed by atoms with E-state index in [0.717, 1.165) is 16.0 Å². The Morgan fingerprint density at radius 2 is 1.61 bits per heavy atom. The smallest absolute Gasteiger partial charge is 0.335 e. The fourth-order valence-electron chi connectivity index (χ4n) is 3.61. The van der Waals surface area contributed by atoms with Crippen molar-refractivity contribution in [1.82, 2.24) is 5.32 Å². The van der Waals surface area contributed by atoms with Crippen molar-refractivity contribution in [3.8, 4) is 5.75 Å². The highest BCUT2D eigenvalue weighted by Gasteiger charge is 2.36. The number of nitrogens with zero attached hydrogens (tertiary/aromatic N) is 1. The van der Waals surface area contributed by atoms with Crippen LogP contribution in [-0.2, 0) is 22.6 Å². The maximum absolute atomic E-state index is 13.2. The van der Waals surface area contributed by atoms with Crippen LogP contribution in [0.15, 0.2) is 83.4 Å². The van der Waals surface area contributed by atoms with Gasteiger partial charge in [-0.25, -0.2) is 9.69 Å². The van der Waals surface area contributed by atoms with Crippen LogP contribution in [0.3, 0.4) is 0 Å². The molecule has 1 fully saturated rings. The molecule has 0 radical (unpaired) electrons. The highest BCUT2D eigenvalue weighted by Crippen LogP contribution is 2.34. The summed E-state index contributed by atoms with van der Waals surface area (Å²) in [5, 5.41) is 3.31. The summed E-state index contributed by atoms with van der Waals surface area (Å²) >= 11 is 15.4. The molecule has 1 aliphatic heterocycles. The third-order valence-electron chi connectivity index (χ3n) is 5.30. The Kier molecular flexibility index (Phi) is 7.94. The molecule has 0 unspecified atom stereocenters. The van der Waals surface area contributed by atoms with Crippen LogP contribution in [0.2, 0.25) is 10.0 Å². The van der Waals surface area contributed by atoms with Crippen LogP contribution in [0.25, 0.3) is 6.08 Å². The van der Waals surface area contributed by atoms with Gasteiger partial charge in [-0.05, 0) is 93.6 Å². The van der Waals surface area contributed by atoms with E-state index in [0.29, 0.717) is 44.5 Å². The van der Waals surface area contributed by atoms with Gasteiger partial charge in [-0.3, -0.25) is 14.9 Å². The molecule has 0 bridgehead atoms. The molecule has 36 heavy (non-hydrogen) atoms. The summed E-state index contributed by atoms with van der Waals surface area (Å²) in [4.78, 5) is 39.0. The van der Waals surface area contributed by atoms with Gasteiger partial charge in [0, 0.05) is 10.0 Å². The maximum Gasteiger partial charge on any atom is 0.335 e. The summed E-state index contributed by atoms with van der Waals surface area (Å²) in [6.07, 6.45) is 3.65. The van der Waals surface area contributed by atoms with Gasteiger partial charge < -0.3 is 4.74 Å². The standard InChI is InChI=1S/C27H19BrCl2N2O4/c1-2-3-18-12-17(14-23(28)24(18)36-15-16-4-6-19(29)7-5-16)13-22-25(33)31-27(35)32(26(22)34)21-10-8-20(30)9-11-21/h2,4-14H,1,3,15H2,(H,31,33,35)/b22-13+. The van der Waals surface area contributed by atoms with Crippen molar-refractivity contribution in [3.63, 3.8) is 0 Å². The van der Waals surface area contributed by atoms with Crippen LogP contribution in [0.4, 0.5) is 10.5 Å². The average Bonchev–Trinajstić information content (AvgIpc) is 2.83. The molecule has 4 rings (SSSR count). The predicted molar refractivity (Wildman–Crippen MR) is 144 cm³/mol. The Balaban J connectivity index is 1.65. The molecule has 0 spiro atoms. The molecule has 6 nitrogen and oxygen atoms in total. The van der Waals surface area contributed by atoms with Gasteiger partial charge in [-0.2, -0.15) is 0 Å². The maximum atomic E-state index is 13.2. The number of rotatable bonds is 7. The lowest BCUT2D eigenvalue weighted by Crippen LogP contribution is -2.54. The SMILES string of the molecule is C=CCc1cc(/C=C2\C(=O)NC(=O)N(c3ccc(Cl)cc3)C2=O)cc(Br)c1OCc1ccc(Cl)cc1. The number of barbiturate groups is 1. The van der Waals surface area contributed by atoms with E-state index in [4.69, 9.17) is 27.9 Å². The van der Waals surface area contributed by atoms with Gasteiger partial charge in [0.25, 0.3) is 11.8 Å². The molecule has 0 saturated carbocycles. The van der Waals surface area contributed by atoms with Gasteiger partial charge in [-0.15, -0.1) is 6.58 Å². The molecule has 0 atom stereocenters. The first-order valence-electron chi connectivity index (χ1n) is 10.7. The lowest BCUT2D eigenvalue weighted by Gasteiger charge is -2.26. The average molecular weight is 586 g/mol. The zero-order valence-corrected chi connectivity index (χ0v) is 21.9. The number of allylic oxidation sites excluding steroid dienone is 1. The van der Waals surface area contributed by atoms with Crippen LogP contribution >= 0.6 is 39.1 Å². The molecule has 182 valence electrons. The first-order valence-corrected chi connectivity index (χ1v) is 12.3. The zero-order valence-electron chi connectivity index (χ0n) is 18.8. The summed E-state index contributed by atoms with van der Waals surface area (Å²) in [6, 6.07) is 16.2. The van der Waals surface area contributed by atoms with E-state index >= 15 is 0 Å². The number of halogens is 3. The molecular formula is C27H19BrCl2N2O4. The number of imide groups is 2. The number of carbonyl (C=O) groups excluding carboxylic acids is 3. The third-order valence-corrected chi connectivity index (χ3v) is 6.39. The Bertz CT molecular complexity index is 1390. The van der Waals surface area contributed by atoms with Crippen molar-refractivity contribution in [1.29, 1.82) is 0 Å². The van der Waals surface area contributed by atoms with E-state index in [1.807, 2.05) is 12.1 Å². The van der Waals surface area contributed by atoms with E-state index in [9.17, 15) is 14.4 Å². The Morgan fingerprint density at radius 3 is 2.25 bits per heavy atom. The fourth-order valence-corrected chi connectivity index (χ4v) is 4.50. The number of anilines is 1. The summed E-state index contributed by atoms with van der Waals surface area (Å²) in [7, 11) is 0. The number of ether oxygens (including phenoxy) is 1. The minimum Gasteiger partial charge on any atom is -0.487 e. The second kappa shape index (κ2) is 11.1. The van der Waals surface area contributed by atoms with E-state index in [1.165, 1.54) is 18.2 Å². The quantitative estimate of drug-likeness (QED) is 0.189. The molecule has 4 amide bonds. The third kappa shape index (κ3) is 5.70. The number of amides is 4. The second-order valence-corrected chi connectivity index (χ2v) is 9.56. The Morgan fingerprint density at radius 1 is 0.972 bits per heavy atom. The fraction of sp³-hybridized carbons (Fsp3) is 0.0741. The van der Waals surface area contributed by atoms with Crippen molar-refractivity contribution in [2.75, 3.05) is 4.90 Å². The van der Waals surface area contributed by atoms with Crippen LogP contribution < -0.4 is 15.0 Å². The summed E-state index contributed by atoms with van der Waals surface area (Å²) in [5.41, 5.74) is 2.42. The highest BCUT2D eigenvalue weighted by molar-refractivity contribution is 9.10. The van der Waals surface area contributed by atoms with Gasteiger partial charge in [0.05, 0.1) is 10.2 Å². The Hall–Kier alpha value is -3.39. The normalized spacial score (nSPS) is 14.7. The topological polar surface area (TPSA) is 75.7 Å². The lowest BCUT2D eigenvalue weighted by atomic mass is 10.0. The first-order chi connectivity index (χ1) is 17.3. The van der Waals surface area contributed by atoms with Gasteiger partial charge >= 0.3 is 6.03 Å². The lowest BCUT2D eigenvalue weighted by molar-refractivity contribution is -0.122. The molecule has 1 saturated heterocycles. The predicted octanol–water partition coefficient (Wildman–Crippen LogP) is 6.73. The van der Waals surface area contributed by atoms with E-state index in [-0.39, 0.29) is 5.57 Å². The number of carbonyl (C=O) groups is 3. The Labute approximate surface area is 226 Å². The van der Waals surface area contributed by atoms with E-state index in [2.05, 4.69) is 27.8 Å². The van der Waals surface area contributed by atoms with Crippen LogP contribution in [0, 0.1) is 0 Å². The van der Waals surface area contributed by atoms with Gasteiger partial charge in [-0.1, -0.05) is 41.4 Å². The summed E-state index contributed by atoms with van der Waals surface area (Å²) in [6.45, 7) is 4.13. The first kappa shape index (κ1) is 25.7. The number of hydrogen-bond acceptors (Lipinski definition) is 4. The molecule has 1 heterocycles. The molecule has 3 aromatic carbocycles. The van der Waals surface area contributed by atoms with Crippen LogP contribution in [0.5, 0.6) is 5.75 Å². The van der Waals surface area contributed by atoms with Crippen molar-refractivity contribution in [2.24, 2.45) is 0 Å². The highest BCUT2D eigenvalue weighted by atomic mass is 79.9. The van der Waals surface area contributed by atoms with Crippen molar-refractivity contribution in [3.05, 3.63) is 110 Å². The minimum absolute atomic E-state index is 0.184.